The van der Waals surface area contributed by atoms with Crippen LogP contribution in [0.5, 0.6) is 0 Å². The Kier molecular flexibility index (Phi) is 6.36. The topological polar surface area (TPSA) is 100 Å². The van der Waals surface area contributed by atoms with Crippen LogP contribution in [0.3, 0.4) is 0 Å². The zero-order valence-corrected chi connectivity index (χ0v) is 18.3. The van der Waals surface area contributed by atoms with E-state index in [9.17, 15) is 13.2 Å². The SMILES string of the molecule is Cc1ccc(Br)c(NS(=O)(=O)c2cccc(NC(=S)NC(=O)c3ccco3)c2)c1. The van der Waals surface area contributed by atoms with Gasteiger partial charge in [-0.15, -0.1) is 0 Å². The summed E-state index contributed by atoms with van der Waals surface area (Å²) in [6.07, 6.45) is 1.37. The lowest BCUT2D eigenvalue weighted by molar-refractivity contribution is 0.0950. The molecule has 0 aliphatic carbocycles. The molecule has 0 radical (unpaired) electrons. The van der Waals surface area contributed by atoms with Crippen molar-refractivity contribution in [3.8, 4) is 0 Å². The van der Waals surface area contributed by atoms with Crippen molar-refractivity contribution in [2.75, 3.05) is 10.0 Å². The Morgan fingerprint density at radius 1 is 1.10 bits per heavy atom. The van der Waals surface area contributed by atoms with Gasteiger partial charge in [-0.3, -0.25) is 14.8 Å². The third kappa shape index (κ3) is 5.43. The van der Waals surface area contributed by atoms with E-state index in [0.29, 0.717) is 15.8 Å². The molecular formula is C19H16BrN3O4S2. The number of carbonyl (C=O) groups is 1. The molecule has 29 heavy (non-hydrogen) atoms. The highest BCUT2D eigenvalue weighted by Crippen LogP contribution is 2.26. The highest BCUT2D eigenvalue weighted by atomic mass is 79.9. The van der Waals surface area contributed by atoms with Crippen LogP contribution in [0.25, 0.3) is 0 Å². The number of benzene rings is 2. The molecule has 1 aromatic heterocycles. The summed E-state index contributed by atoms with van der Waals surface area (Å²) in [5.74, 6) is -0.402. The number of amides is 1. The molecule has 3 N–H and O–H groups in total. The Hall–Kier alpha value is -2.69. The smallest absolute Gasteiger partial charge is 0.293 e. The second-order valence-electron chi connectivity index (χ2n) is 6.00. The molecule has 1 amide bonds. The number of nitrogens with one attached hydrogen (secondary N) is 3. The van der Waals surface area contributed by atoms with Gasteiger partial charge in [0.25, 0.3) is 15.9 Å². The van der Waals surface area contributed by atoms with Gasteiger partial charge in [0.2, 0.25) is 0 Å². The minimum Gasteiger partial charge on any atom is -0.459 e. The molecule has 0 spiro atoms. The van der Waals surface area contributed by atoms with Crippen LogP contribution in [-0.4, -0.2) is 19.4 Å². The van der Waals surface area contributed by atoms with Crippen LogP contribution >= 0.6 is 28.1 Å². The summed E-state index contributed by atoms with van der Waals surface area (Å²) in [5.41, 5.74) is 1.75. The average Bonchev–Trinajstić information content (AvgIpc) is 3.19. The van der Waals surface area contributed by atoms with Crippen LogP contribution in [0, 0.1) is 6.92 Å². The first-order chi connectivity index (χ1) is 13.7. The minimum atomic E-state index is -3.84. The van der Waals surface area contributed by atoms with Crippen molar-refractivity contribution in [3.63, 3.8) is 0 Å². The van der Waals surface area contributed by atoms with Gasteiger partial charge in [-0.05, 0) is 83.1 Å². The van der Waals surface area contributed by atoms with E-state index in [0.717, 1.165) is 5.56 Å². The number of aryl methyl sites for hydroxylation is 1. The van der Waals surface area contributed by atoms with Crippen LogP contribution in [0.15, 0.2) is 74.6 Å². The second kappa shape index (κ2) is 8.76. The number of furan rings is 1. The average molecular weight is 494 g/mol. The van der Waals surface area contributed by atoms with E-state index in [4.69, 9.17) is 16.6 Å². The maximum absolute atomic E-state index is 12.8. The molecule has 2 aromatic carbocycles. The summed E-state index contributed by atoms with van der Waals surface area (Å²) in [6.45, 7) is 1.87. The summed E-state index contributed by atoms with van der Waals surface area (Å²) < 4.78 is 33.7. The van der Waals surface area contributed by atoms with E-state index in [1.807, 2.05) is 13.0 Å². The Labute approximate surface area is 181 Å². The quantitative estimate of drug-likeness (QED) is 0.458. The standard InChI is InChI=1S/C19H16BrN3O4S2/c1-12-7-8-15(20)16(10-12)23-29(25,26)14-5-2-4-13(11-14)21-19(28)22-18(24)17-6-3-9-27-17/h2-11,23H,1H3,(H2,21,22,24,28). The van der Waals surface area contributed by atoms with Gasteiger partial charge in [0, 0.05) is 10.2 Å². The van der Waals surface area contributed by atoms with Gasteiger partial charge in [-0.1, -0.05) is 12.1 Å². The number of halogens is 1. The zero-order valence-electron chi connectivity index (χ0n) is 15.1. The molecule has 3 aromatic rings. The van der Waals surface area contributed by atoms with Crippen molar-refractivity contribution in [1.82, 2.24) is 5.32 Å². The van der Waals surface area contributed by atoms with Crippen molar-refractivity contribution < 1.29 is 17.6 Å². The summed E-state index contributed by atoms with van der Waals surface area (Å²) in [5, 5.41) is 5.26. The molecule has 150 valence electrons. The number of thiocarbonyl (C=S) groups is 1. The van der Waals surface area contributed by atoms with Crippen LogP contribution in [-0.2, 0) is 10.0 Å². The molecule has 0 saturated carbocycles. The fourth-order valence-corrected chi connectivity index (χ4v) is 4.20. The third-order valence-corrected chi connectivity index (χ3v) is 6.00. The third-order valence-electron chi connectivity index (χ3n) is 3.74. The van der Waals surface area contributed by atoms with Gasteiger partial charge in [-0.25, -0.2) is 8.42 Å². The van der Waals surface area contributed by atoms with Crippen molar-refractivity contribution in [2.24, 2.45) is 0 Å². The van der Waals surface area contributed by atoms with Gasteiger partial charge < -0.3 is 9.73 Å². The van der Waals surface area contributed by atoms with Gasteiger partial charge >= 0.3 is 0 Å². The first-order valence-electron chi connectivity index (χ1n) is 8.29. The first-order valence-corrected chi connectivity index (χ1v) is 11.0. The lowest BCUT2D eigenvalue weighted by Crippen LogP contribution is -2.33. The fourth-order valence-electron chi connectivity index (χ4n) is 2.40. The van der Waals surface area contributed by atoms with E-state index in [1.165, 1.54) is 24.5 Å². The molecule has 3 rings (SSSR count). The molecule has 0 aliphatic heterocycles. The van der Waals surface area contributed by atoms with Crippen molar-refractivity contribution in [3.05, 3.63) is 76.7 Å². The number of hydrogen-bond donors (Lipinski definition) is 3. The van der Waals surface area contributed by atoms with E-state index < -0.39 is 15.9 Å². The van der Waals surface area contributed by atoms with Gasteiger partial charge in [0.1, 0.15) is 0 Å². The van der Waals surface area contributed by atoms with Crippen LogP contribution in [0.2, 0.25) is 0 Å². The van der Waals surface area contributed by atoms with Crippen molar-refractivity contribution >= 4 is 60.6 Å². The van der Waals surface area contributed by atoms with Gasteiger partial charge in [0.05, 0.1) is 16.8 Å². The normalized spacial score (nSPS) is 11.0. The summed E-state index contributed by atoms with van der Waals surface area (Å²) in [6, 6.07) is 14.5. The molecule has 0 unspecified atom stereocenters. The molecule has 0 bridgehead atoms. The number of carbonyl (C=O) groups excluding carboxylic acids is 1. The minimum absolute atomic E-state index is 0.00957. The molecule has 7 nitrogen and oxygen atoms in total. The lowest BCUT2D eigenvalue weighted by Gasteiger charge is -2.13. The maximum atomic E-state index is 12.8. The molecule has 0 fully saturated rings. The van der Waals surface area contributed by atoms with E-state index in [-0.39, 0.29) is 15.8 Å². The molecule has 1 heterocycles. The van der Waals surface area contributed by atoms with E-state index in [2.05, 4.69) is 31.3 Å². The zero-order chi connectivity index (χ0) is 21.0. The highest BCUT2D eigenvalue weighted by Gasteiger charge is 2.17. The molecule has 0 saturated heterocycles. The summed E-state index contributed by atoms with van der Waals surface area (Å²) in [7, 11) is -3.84. The number of rotatable bonds is 5. The predicted octanol–water partition coefficient (Wildman–Crippen LogP) is 4.28. The molecule has 0 aliphatic rings. The number of hydrogen-bond acceptors (Lipinski definition) is 5. The molecular weight excluding hydrogens is 478 g/mol. The summed E-state index contributed by atoms with van der Waals surface area (Å²) >= 11 is 8.44. The van der Waals surface area contributed by atoms with Crippen LogP contribution < -0.4 is 15.4 Å². The lowest BCUT2D eigenvalue weighted by atomic mass is 10.2. The first kappa shape index (κ1) is 21.0. The maximum Gasteiger partial charge on any atom is 0.293 e. The van der Waals surface area contributed by atoms with Crippen LogP contribution in [0.1, 0.15) is 16.1 Å². The highest BCUT2D eigenvalue weighted by molar-refractivity contribution is 9.10. The van der Waals surface area contributed by atoms with Crippen molar-refractivity contribution in [2.45, 2.75) is 11.8 Å². The number of anilines is 2. The second-order valence-corrected chi connectivity index (χ2v) is 8.95. The van der Waals surface area contributed by atoms with Gasteiger partial charge in [0.15, 0.2) is 10.9 Å². The largest absolute Gasteiger partial charge is 0.459 e. The Morgan fingerprint density at radius 3 is 2.62 bits per heavy atom. The predicted molar refractivity (Wildman–Crippen MR) is 119 cm³/mol. The van der Waals surface area contributed by atoms with Gasteiger partial charge in [-0.2, -0.15) is 0 Å². The Balaban J connectivity index is 1.73. The summed E-state index contributed by atoms with van der Waals surface area (Å²) in [4.78, 5) is 12.0. The fraction of sp³-hybridized carbons (Fsp3) is 0.0526. The number of sulfonamides is 1. The Morgan fingerprint density at radius 2 is 1.90 bits per heavy atom. The Bertz CT molecular complexity index is 1160. The van der Waals surface area contributed by atoms with Crippen LogP contribution in [0.4, 0.5) is 11.4 Å². The van der Waals surface area contributed by atoms with Crippen molar-refractivity contribution in [1.29, 1.82) is 0 Å². The monoisotopic (exact) mass is 493 g/mol. The van der Waals surface area contributed by atoms with E-state index >= 15 is 0 Å². The molecule has 10 heteroatoms. The molecule has 0 atom stereocenters. The van der Waals surface area contributed by atoms with E-state index in [1.54, 1.807) is 30.3 Å².